The molecule has 0 saturated carbocycles. The molecule has 3 heterocycles. The van der Waals surface area contributed by atoms with E-state index in [0.717, 1.165) is 13.0 Å². The highest BCUT2D eigenvalue weighted by molar-refractivity contribution is 7.89. The van der Waals surface area contributed by atoms with Gasteiger partial charge in [-0.1, -0.05) is 24.6 Å². The molecule has 8 nitrogen and oxygen atoms in total. The molecule has 2 unspecified atom stereocenters. The predicted molar refractivity (Wildman–Crippen MR) is 134 cm³/mol. The normalized spacial score (nSPS) is 18.5. The molecule has 0 amide bonds. The van der Waals surface area contributed by atoms with Crippen molar-refractivity contribution in [2.75, 3.05) is 16.8 Å². The van der Waals surface area contributed by atoms with E-state index in [2.05, 4.69) is 45.7 Å². The van der Waals surface area contributed by atoms with Crippen LogP contribution < -0.4 is 14.9 Å². The van der Waals surface area contributed by atoms with Gasteiger partial charge >= 0.3 is 0 Å². The minimum Gasteiger partial charge on any atom is -0.373 e. The number of hydrogen-bond donors (Lipinski definition) is 3. The number of aliphatic hydroxyl groups is 1. The molecule has 0 spiro atoms. The average Bonchev–Trinajstić information content (AvgIpc) is 3.08. The molecule has 1 aliphatic heterocycles. The zero-order valence-electron chi connectivity index (χ0n) is 19.5. The van der Waals surface area contributed by atoms with Crippen molar-refractivity contribution >= 4 is 38.9 Å². The summed E-state index contributed by atoms with van der Waals surface area (Å²) in [5, 5.41) is 13.6. The standard InChI is InChI=1S/C24H27ClFN5O3S/c1-15-13-24(2,3)31(14-15)22-17(6-5-11-27-22)23(32)30-35(33,34)21-8-4-7-20(29-21)28-19-12-16(26)9-10-18(19)25/h4-12,15,23,30,32H,13-14H2,1-3H3,(H,28,29). The van der Waals surface area contributed by atoms with Crippen LogP contribution in [-0.4, -0.2) is 35.6 Å². The van der Waals surface area contributed by atoms with Gasteiger partial charge in [0.15, 0.2) is 5.03 Å². The number of aromatic nitrogens is 2. The quantitative estimate of drug-likeness (QED) is 0.391. The zero-order valence-corrected chi connectivity index (χ0v) is 21.1. The number of aliphatic hydroxyl groups excluding tert-OH is 1. The molecule has 186 valence electrons. The fourth-order valence-electron chi connectivity index (χ4n) is 4.44. The molecule has 0 bridgehead atoms. The van der Waals surface area contributed by atoms with E-state index in [1.54, 1.807) is 18.3 Å². The van der Waals surface area contributed by atoms with Crippen molar-refractivity contribution < 1.29 is 17.9 Å². The van der Waals surface area contributed by atoms with Crippen LogP contribution in [0.1, 0.15) is 39.0 Å². The molecule has 1 fully saturated rings. The van der Waals surface area contributed by atoms with Gasteiger partial charge < -0.3 is 15.3 Å². The molecule has 4 rings (SSSR count). The van der Waals surface area contributed by atoms with Crippen LogP contribution in [0.5, 0.6) is 0 Å². The smallest absolute Gasteiger partial charge is 0.260 e. The van der Waals surface area contributed by atoms with E-state index in [1.807, 2.05) is 0 Å². The number of benzene rings is 1. The lowest BCUT2D eigenvalue weighted by Gasteiger charge is -2.34. The highest BCUT2D eigenvalue weighted by Gasteiger charge is 2.39. The van der Waals surface area contributed by atoms with Gasteiger partial charge in [-0.25, -0.2) is 22.8 Å². The molecule has 0 radical (unpaired) electrons. The summed E-state index contributed by atoms with van der Waals surface area (Å²) in [4.78, 5) is 10.7. The largest absolute Gasteiger partial charge is 0.373 e. The Morgan fingerprint density at radius 3 is 2.71 bits per heavy atom. The van der Waals surface area contributed by atoms with Gasteiger partial charge in [-0.3, -0.25) is 0 Å². The van der Waals surface area contributed by atoms with Crippen LogP contribution in [0.3, 0.4) is 0 Å². The van der Waals surface area contributed by atoms with Gasteiger partial charge in [0.05, 0.1) is 10.7 Å². The summed E-state index contributed by atoms with van der Waals surface area (Å²) in [5.41, 5.74) is 0.393. The minimum atomic E-state index is -4.23. The summed E-state index contributed by atoms with van der Waals surface area (Å²) in [5.74, 6) is 0.596. The fraction of sp³-hybridized carbons (Fsp3) is 0.333. The lowest BCUT2D eigenvalue weighted by atomic mass is 9.97. The number of hydrogen-bond acceptors (Lipinski definition) is 7. The fourth-order valence-corrected chi connectivity index (χ4v) is 5.63. The van der Waals surface area contributed by atoms with E-state index in [0.29, 0.717) is 17.3 Å². The van der Waals surface area contributed by atoms with Crippen LogP contribution in [0.2, 0.25) is 5.02 Å². The summed E-state index contributed by atoms with van der Waals surface area (Å²) >= 11 is 6.08. The molecular weight excluding hydrogens is 493 g/mol. The zero-order chi connectivity index (χ0) is 25.4. The van der Waals surface area contributed by atoms with Gasteiger partial charge in [0.2, 0.25) is 0 Å². The lowest BCUT2D eigenvalue weighted by molar-refractivity contribution is 0.166. The highest BCUT2D eigenvalue weighted by Crippen LogP contribution is 2.38. The summed E-state index contributed by atoms with van der Waals surface area (Å²) < 4.78 is 42.0. The third-order valence-electron chi connectivity index (χ3n) is 5.90. The maximum Gasteiger partial charge on any atom is 0.260 e. The Morgan fingerprint density at radius 1 is 1.23 bits per heavy atom. The third-order valence-corrected chi connectivity index (χ3v) is 7.54. The van der Waals surface area contributed by atoms with E-state index in [4.69, 9.17) is 11.6 Å². The lowest BCUT2D eigenvalue weighted by Crippen LogP contribution is -2.40. The van der Waals surface area contributed by atoms with Crippen LogP contribution in [0.25, 0.3) is 0 Å². The van der Waals surface area contributed by atoms with Gasteiger partial charge in [-0.2, -0.15) is 4.72 Å². The predicted octanol–water partition coefficient (Wildman–Crippen LogP) is 4.61. The van der Waals surface area contributed by atoms with Crippen molar-refractivity contribution in [1.82, 2.24) is 14.7 Å². The van der Waals surface area contributed by atoms with Crippen molar-refractivity contribution in [3.05, 3.63) is 71.1 Å². The van der Waals surface area contributed by atoms with E-state index in [-0.39, 0.29) is 27.1 Å². The first-order valence-corrected chi connectivity index (χ1v) is 12.9. The monoisotopic (exact) mass is 519 g/mol. The Morgan fingerprint density at radius 2 is 2.00 bits per heavy atom. The highest BCUT2D eigenvalue weighted by atomic mass is 35.5. The van der Waals surface area contributed by atoms with Crippen LogP contribution >= 0.6 is 11.6 Å². The Balaban J connectivity index is 1.58. The number of pyridine rings is 2. The molecule has 1 saturated heterocycles. The number of halogens is 2. The Labute approximate surface area is 209 Å². The SMILES string of the molecule is CC1CN(c2ncccc2C(O)NS(=O)(=O)c2cccc(Nc3cc(F)ccc3Cl)n2)C(C)(C)C1. The maximum atomic E-state index is 13.6. The number of nitrogens with zero attached hydrogens (tertiary/aromatic N) is 3. The second-order valence-electron chi connectivity index (χ2n) is 9.28. The number of rotatable bonds is 7. The van der Waals surface area contributed by atoms with Gasteiger partial charge in [-0.05, 0) is 68.7 Å². The third kappa shape index (κ3) is 5.56. The van der Waals surface area contributed by atoms with Gasteiger partial charge in [0.25, 0.3) is 10.0 Å². The molecule has 1 aromatic carbocycles. The summed E-state index contributed by atoms with van der Waals surface area (Å²) in [6, 6.07) is 11.4. The molecule has 1 aliphatic rings. The Kier molecular flexibility index (Phi) is 7.01. The number of anilines is 3. The van der Waals surface area contributed by atoms with Crippen LogP contribution in [0.15, 0.2) is 59.8 Å². The molecule has 0 aliphatic carbocycles. The molecule has 2 aromatic heterocycles. The number of nitrogens with one attached hydrogen (secondary N) is 2. The molecule has 35 heavy (non-hydrogen) atoms. The topological polar surface area (TPSA) is 107 Å². The average molecular weight is 520 g/mol. The first-order valence-electron chi connectivity index (χ1n) is 11.1. The summed E-state index contributed by atoms with van der Waals surface area (Å²) in [7, 11) is -4.23. The van der Waals surface area contributed by atoms with E-state index >= 15 is 0 Å². The van der Waals surface area contributed by atoms with E-state index in [1.165, 1.54) is 36.4 Å². The van der Waals surface area contributed by atoms with Crippen molar-refractivity contribution in [2.45, 2.75) is 44.0 Å². The molecule has 11 heteroatoms. The van der Waals surface area contributed by atoms with E-state index < -0.39 is 22.1 Å². The summed E-state index contributed by atoms with van der Waals surface area (Å²) in [6.45, 7) is 7.08. The van der Waals surface area contributed by atoms with Gasteiger partial charge in [-0.15, -0.1) is 0 Å². The molecule has 2 atom stereocenters. The maximum absolute atomic E-state index is 13.6. The molecule has 3 aromatic rings. The Bertz CT molecular complexity index is 1340. The first-order chi connectivity index (χ1) is 16.5. The first kappa shape index (κ1) is 25.3. The van der Waals surface area contributed by atoms with Gasteiger partial charge in [0, 0.05) is 23.8 Å². The van der Waals surface area contributed by atoms with Crippen LogP contribution in [0.4, 0.5) is 21.7 Å². The van der Waals surface area contributed by atoms with Crippen molar-refractivity contribution in [3.8, 4) is 0 Å². The van der Waals surface area contributed by atoms with Gasteiger partial charge in [0.1, 0.15) is 23.7 Å². The van der Waals surface area contributed by atoms with Crippen LogP contribution in [-0.2, 0) is 10.0 Å². The minimum absolute atomic E-state index is 0.143. The Hall–Kier alpha value is -2.79. The van der Waals surface area contributed by atoms with Crippen LogP contribution in [0, 0.1) is 11.7 Å². The second kappa shape index (κ2) is 9.69. The second-order valence-corrected chi connectivity index (χ2v) is 11.4. The number of sulfonamides is 1. The molecule has 3 N–H and O–H groups in total. The van der Waals surface area contributed by atoms with E-state index in [9.17, 15) is 17.9 Å². The summed E-state index contributed by atoms with van der Waals surface area (Å²) in [6.07, 6.45) is 1.02. The van der Waals surface area contributed by atoms with Crippen molar-refractivity contribution in [2.24, 2.45) is 5.92 Å². The van der Waals surface area contributed by atoms with Crippen molar-refractivity contribution in [1.29, 1.82) is 0 Å². The molecular formula is C24H27ClFN5O3S. The van der Waals surface area contributed by atoms with Crippen molar-refractivity contribution in [3.63, 3.8) is 0 Å².